The largest absolute Gasteiger partial charge is 0.478 e. The number of carboxylic acid groups (broad SMARTS) is 1. The van der Waals surface area contributed by atoms with Crippen molar-refractivity contribution in [1.29, 1.82) is 0 Å². The van der Waals surface area contributed by atoms with E-state index >= 15 is 0 Å². The molecule has 8 heteroatoms. The molecule has 3 rings (SSSR count). The summed E-state index contributed by atoms with van der Waals surface area (Å²) in [5.74, 6) is -3.20. The van der Waals surface area contributed by atoms with Gasteiger partial charge >= 0.3 is 5.97 Å². The Morgan fingerprint density at radius 2 is 1.56 bits per heavy atom. The first-order chi connectivity index (χ1) is 17.2. The summed E-state index contributed by atoms with van der Waals surface area (Å²) < 4.78 is 55.8. The van der Waals surface area contributed by atoms with Crippen LogP contribution in [0.3, 0.4) is 0 Å². The highest BCUT2D eigenvalue weighted by Gasteiger charge is 2.33. The van der Waals surface area contributed by atoms with Gasteiger partial charge in [0.05, 0.1) is 5.56 Å². The Balaban J connectivity index is 1.85. The average molecular weight is 516 g/mol. The highest BCUT2D eigenvalue weighted by molar-refractivity contribution is 7.92. The second-order valence-corrected chi connectivity index (χ2v) is 10.8. The van der Waals surface area contributed by atoms with Crippen molar-refractivity contribution >= 4 is 21.5 Å². The summed E-state index contributed by atoms with van der Waals surface area (Å²) in [4.78, 5) is 10.2. The molecule has 192 valence electrons. The predicted octanol–water partition coefficient (Wildman–Crippen LogP) is 6.63. The zero-order valence-electron chi connectivity index (χ0n) is 20.2. The third-order valence-corrected chi connectivity index (χ3v) is 8.18. The van der Waals surface area contributed by atoms with Crippen LogP contribution in [0.5, 0.6) is 0 Å². The van der Waals surface area contributed by atoms with Crippen molar-refractivity contribution in [2.45, 2.75) is 62.1 Å². The zero-order chi connectivity index (χ0) is 26.1. The number of unbranched alkanes of at least 4 members (excludes halogenated alkanes) is 3. The van der Waals surface area contributed by atoms with E-state index in [-0.39, 0.29) is 12.0 Å². The molecule has 0 heterocycles. The monoisotopic (exact) mass is 515 g/mol. The number of aryl methyl sites for hydroxylation is 2. The molecule has 0 aliphatic heterocycles. The molecule has 0 saturated carbocycles. The molecule has 0 aromatic heterocycles. The molecule has 1 atom stereocenters. The summed E-state index contributed by atoms with van der Waals surface area (Å²) in [5.41, 5.74) is 2.58. The standard InChI is InChI=1S/C28H31F2NO4S/c1-2-3-4-5-13-26(36(34,35)27-23(29)10-8-11-24(27)30)31-25-12-7-6-9-21(25)17-14-20-15-18-22(19-16-20)28(32)33/h6-12,15-16,18-19,26,31H,2-5,13-14,17H2,1H3,(H,32,33). The van der Waals surface area contributed by atoms with Crippen LogP contribution in [0.15, 0.2) is 71.6 Å². The summed E-state index contributed by atoms with van der Waals surface area (Å²) in [7, 11) is -4.36. The van der Waals surface area contributed by atoms with Crippen LogP contribution >= 0.6 is 0 Å². The van der Waals surface area contributed by atoms with Gasteiger partial charge in [0.2, 0.25) is 9.84 Å². The number of hydrogen-bond donors (Lipinski definition) is 2. The van der Waals surface area contributed by atoms with E-state index < -0.39 is 37.7 Å². The fourth-order valence-corrected chi connectivity index (χ4v) is 5.83. The number of carboxylic acids is 1. The van der Waals surface area contributed by atoms with Gasteiger partial charge < -0.3 is 10.4 Å². The van der Waals surface area contributed by atoms with Crippen LogP contribution in [0.1, 0.15) is 60.5 Å². The smallest absolute Gasteiger partial charge is 0.335 e. The van der Waals surface area contributed by atoms with E-state index in [0.717, 1.165) is 48.6 Å². The van der Waals surface area contributed by atoms with Crippen molar-refractivity contribution < 1.29 is 27.1 Å². The Bertz CT molecular complexity index is 1260. The van der Waals surface area contributed by atoms with Crippen molar-refractivity contribution in [2.24, 2.45) is 0 Å². The molecule has 36 heavy (non-hydrogen) atoms. The fraction of sp³-hybridized carbons (Fsp3) is 0.321. The number of sulfone groups is 1. The van der Waals surface area contributed by atoms with E-state index in [1.165, 1.54) is 0 Å². The predicted molar refractivity (Wildman–Crippen MR) is 137 cm³/mol. The Morgan fingerprint density at radius 3 is 2.19 bits per heavy atom. The third-order valence-electron chi connectivity index (χ3n) is 6.12. The number of halogens is 2. The molecular formula is C28H31F2NO4S. The van der Waals surface area contributed by atoms with Gasteiger partial charge in [0.15, 0.2) is 0 Å². The van der Waals surface area contributed by atoms with Gasteiger partial charge in [0.25, 0.3) is 0 Å². The van der Waals surface area contributed by atoms with Crippen molar-refractivity contribution in [2.75, 3.05) is 5.32 Å². The van der Waals surface area contributed by atoms with Crippen LogP contribution in [0, 0.1) is 11.6 Å². The zero-order valence-corrected chi connectivity index (χ0v) is 21.0. The second-order valence-electron chi connectivity index (χ2n) is 8.74. The second kappa shape index (κ2) is 12.6. The topological polar surface area (TPSA) is 83.5 Å². The summed E-state index contributed by atoms with van der Waals surface area (Å²) in [6.07, 6.45) is 4.71. The number of rotatable bonds is 13. The van der Waals surface area contributed by atoms with Crippen molar-refractivity contribution in [3.8, 4) is 0 Å². The quantitative estimate of drug-likeness (QED) is 0.250. The van der Waals surface area contributed by atoms with Crippen LogP contribution < -0.4 is 5.32 Å². The number of para-hydroxylation sites is 1. The van der Waals surface area contributed by atoms with E-state index in [9.17, 15) is 22.0 Å². The van der Waals surface area contributed by atoms with Gasteiger partial charge in [-0.05, 0) is 60.7 Å². The lowest BCUT2D eigenvalue weighted by molar-refractivity contribution is 0.0697. The van der Waals surface area contributed by atoms with E-state index in [4.69, 9.17) is 5.11 Å². The maximum atomic E-state index is 14.5. The maximum Gasteiger partial charge on any atom is 0.335 e. The van der Waals surface area contributed by atoms with Crippen molar-refractivity contribution in [1.82, 2.24) is 0 Å². The minimum absolute atomic E-state index is 0.206. The minimum Gasteiger partial charge on any atom is -0.478 e. The fourth-order valence-electron chi connectivity index (χ4n) is 4.10. The molecular weight excluding hydrogens is 484 g/mol. The van der Waals surface area contributed by atoms with Crippen molar-refractivity contribution in [3.05, 3.63) is 95.1 Å². The first-order valence-corrected chi connectivity index (χ1v) is 13.6. The molecule has 0 saturated heterocycles. The van der Waals surface area contributed by atoms with Crippen LogP contribution in [0.25, 0.3) is 0 Å². The Labute approximate surface area is 211 Å². The molecule has 0 radical (unpaired) electrons. The molecule has 2 N–H and O–H groups in total. The van der Waals surface area contributed by atoms with E-state index in [2.05, 4.69) is 5.32 Å². The first kappa shape index (κ1) is 27.3. The summed E-state index contributed by atoms with van der Waals surface area (Å²) >= 11 is 0. The maximum absolute atomic E-state index is 14.5. The average Bonchev–Trinajstić information content (AvgIpc) is 2.85. The number of anilines is 1. The first-order valence-electron chi connectivity index (χ1n) is 12.1. The molecule has 5 nitrogen and oxygen atoms in total. The third kappa shape index (κ3) is 6.91. The normalized spacial score (nSPS) is 12.3. The van der Waals surface area contributed by atoms with Gasteiger partial charge in [-0.2, -0.15) is 0 Å². The van der Waals surface area contributed by atoms with Gasteiger partial charge in [0, 0.05) is 5.69 Å². The summed E-state index contributed by atoms with van der Waals surface area (Å²) in [6.45, 7) is 2.05. The summed E-state index contributed by atoms with van der Waals surface area (Å²) in [6, 6.07) is 16.9. The molecule has 0 fully saturated rings. The lowest BCUT2D eigenvalue weighted by Gasteiger charge is -2.23. The number of carbonyl (C=O) groups is 1. The van der Waals surface area contributed by atoms with E-state index in [1.807, 2.05) is 19.1 Å². The van der Waals surface area contributed by atoms with Gasteiger partial charge in [-0.25, -0.2) is 22.0 Å². The number of hydrogen-bond acceptors (Lipinski definition) is 4. The highest BCUT2D eigenvalue weighted by Crippen LogP contribution is 2.28. The number of aromatic carboxylic acids is 1. The lowest BCUT2D eigenvalue weighted by Crippen LogP contribution is -2.31. The van der Waals surface area contributed by atoms with Crippen molar-refractivity contribution in [3.63, 3.8) is 0 Å². The van der Waals surface area contributed by atoms with Crippen LogP contribution in [0.2, 0.25) is 0 Å². The highest BCUT2D eigenvalue weighted by atomic mass is 32.2. The summed E-state index contributed by atoms with van der Waals surface area (Å²) in [5, 5.41) is 11.0. The molecule has 3 aromatic rings. The molecule has 0 aliphatic carbocycles. The lowest BCUT2D eigenvalue weighted by atomic mass is 10.0. The molecule has 3 aromatic carbocycles. The van der Waals surface area contributed by atoms with Gasteiger partial charge in [0.1, 0.15) is 21.9 Å². The molecule has 0 amide bonds. The Hall–Kier alpha value is -3.26. The van der Waals surface area contributed by atoms with Crippen LogP contribution in [0.4, 0.5) is 14.5 Å². The SMILES string of the molecule is CCCCCCC(Nc1ccccc1CCc1ccc(C(=O)O)cc1)S(=O)(=O)c1c(F)cccc1F. The Morgan fingerprint density at radius 1 is 0.889 bits per heavy atom. The molecule has 0 bridgehead atoms. The minimum atomic E-state index is -4.36. The number of benzene rings is 3. The molecule has 0 spiro atoms. The van der Waals surface area contributed by atoms with Crippen LogP contribution in [-0.2, 0) is 22.7 Å². The molecule has 0 aliphatic rings. The van der Waals surface area contributed by atoms with Gasteiger partial charge in [-0.1, -0.05) is 69.0 Å². The van der Waals surface area contributed by atoms with Gasteiger partial charge in [-0.15, -0.1) is 0 Å². The van der Waals surface area contributed by atoms with E-state index in [0.29, 0.717) is 24.9 Å². The van der Waals surface area contributed by atoms with Crippen LogP contribution in [-0.4, -0.2) is 24.9 Å². The number of nitrogens with one attached hydrogen (secondary N) is 1. The Kier molecular flexibility index (Phi) is 9.58. The van der Waals surface area contributed by atoms with Gasteiger partial charge in [-0.3, -0.25) is 0 Å². The van der Waals surface area contributed by atoms with E-state index in [1.54, 1.807) is 36.4 Å². The molecule has 1 unspecified atom stereocenters.